The molecule has 0 aliphatic carbocycles. The first-order valence-corrected chi connectivity index (χ1v) is 3.82. The Morgan fingerprint density at radius 2 is 2.36 bits per heavy atom. The van der Waals surface area contributed by atoms with Crippen molar-refractivity contribution in [2.45, 2.75) is 18.9 Å². The van der Waals surface area contributed by atoms with E-state index in [1.54, 1.807) is 0 Å². The topological polar surface area (TPSA) is 50.1 Å². The van der Waals surface area contributed by atoms with E-state index in [4.69, 9.17) is 5.84 Å². The summed E-state index contributed by atoms with van der Waals surface area (Å²) in [6.07, 6.45) is 9.12. The fourth-order valence-corrected chi connectivity index (χ4v) is 1.10. The van der Waals surface area contributed by atoms with Gasteiger partial charge in [0, 0.05) is 6.54 Å². The first kappa shape index (κ1) is 8.30. The molecular weight excluding hydrogens is 138 g/mol. The van der Waals surface area contributed by atoms with Crippen LogP contribution in [0.4, 0.5) is 0 Å². The summed E-state index contributed by atoms with van der Waals surface area (Å²) in [6.45, 7) is 2.96. The third-order valence-corrected chi connectivity index (χ3v) is 1.87. The van der Waals surface area contributed by atoms with Crippen LogP contribution in [0.3, 0.4) is 0 Å². The lowest BCUT2D eigenvalue weighted by Crippen LogP contribution is -2.41. The second kappa shape index (κ2) is 3.55. The zero-order chi connectivity index (χ0) is 8.16. The van der Waals surface area contributed by atoms with Gasteiger partial charge < -0.3 is 5.32 Å². The predicted octanol–water partition coefficient (Wildman–Crippen LogP) is 0.272. The summed E-state index contributed by atoms with van der Waals surface area (Å²) >= 11 is 0. The van der Waals surface area contributed by atoms with E-state index in [1.807, 2.05) is 18.4 Å². The van der Waals surface area contributed by atoms with E-state index < -0.39 is 0 Å². The average Bonchev–Trinajstić information content (AvgIpc) is 2.03. The maximum atomic E-state index is 5.18. The monoisotopic (exact) mass is 153 g/mol. The predicted molar refractivity (Wildman–Crippen MR) is 46.6 cm³/mol. The Balaban J connectivity index is 2.40. The Morgan fingerprint density at radius 1 is 1.55 bits per heavy atom. The molecule has 3 nitrogen and oxygen atoms in total. The van der Waals surface area contributed by atoms with Gasteiger partial charge in [0.2, 0.25) is 0 Å². The lowest BCUT2D eigenvalue weighted by atomic mass is 9.96. The fourth-order valence-electron chi connectivity index (χ4n) is 1.10. The normalized spacial score (nSPS) is 28.5. The third-order valence-electron chi connectivity index (χ3n) is 1.87. The van der Waals surface area contributed by atoms with Gasteiger partial charge in [-0.05, 0) is 25.6 Å². The third kappa shape index (κ3) is 2.37. The van der Waals surface area contributed by atoms with Gasteiger partial charge >= 0.3 is 0 Å². The SMILES string of the molecule is CC1(CCNN)C=CC=CN1. The quantitative estimate of drug-likeness (QED) is 0.403. The first-order chi connectivity index (χ1) is 5.27. The van der Waals surface area contributed by atoms with Gasteiger partial charge in [-0.25, -0.2) is 0 Å². The molecule has 3 heteroatoms. The average molecular weight is 153 g/mol. The van der Waals surface area contributed by atoms with Crippen molar-refractivity contribution in [2.75, 3.05) is 6.54 Å². The van der Waals surface area contributed by atoms with Gasteiger partial charge in [0.15, 0.2) is 0 Å². The van der Waals surface area contributed by atoms with E-state index in [9.17, 15) is 0 Å². The molecule has 1 atom stereocenters. The van der Waals surface area contributed by atoms with E-state index >= 15 is 0 Å². The highest BCUT2D eigenvalue weighted by Crippen LogP contribution is 2.13. The molecule has 0 aromatic rings. The van der Waals surface area contributed by atoms with Crippen molar-refractivity contribution < 1.29 is 0 Å². The van der Waals surface area contributed by atoms with E-state index in [2.05, 4.69) is 23.7 Å². The minimum absolute atomic E-state index is 0.0706. The van der Waals surface area contributed by atoms with Crippen LogP contribution in [0.15, 0.2) is 24.4 Å². The second-order valence-corrected chi connectivity index (χ2v) is 2.98. The molecule has 0 spiro atoms. The van der Waals surface area contributed by atoms with Gasteiger partial charge in [-0.3, -0.25) is 11.3 Å². The highest BCUT2D eigenvalue weighted by atomic mass is 15.2. The first-order valence-electron chi connectivity index (χ1n) is 3.82. The van der Waals surface area contributed by atoms with E-state index in [1.165, 1.54) is 0 Å². The molecule has 0 aromatic heterocycles. The number of hydrogen-bond donors (Lipinski definition) is 3. The molecule has 1 rings (SSSR count). The Labute approximate surface area is 67.3 Å². The van der Waals surface area contributed by atoms with Crippen LogP contribution in [0.2, 0.25) is 0 Å². The lowest BCUT2D eigenvalue weighted by Gasteiger charge is -2.28. The van der Waals surface area contributed by atoms with Crippen molar-refractivity contribution in [3.63, 3.8) is 0 Å². The summed E-state index contributed by atoms with van der Waals surface area (Å²) in [5, 5.41) is 3.27. The number of nitrogens with two attached hydrogens (primary N) is 1. The Kier molecular flexibility index (Phi) is 2.68. The molecule has 0 radical (unpaired) electrons. The Hall–Kier alpha value is -0.800. The molecule has 1 aliphatic rings. The number of dihydropyridines is 1. The summed E-state index contributed by atoms with van der Waals surface area (Å²) in [7, 11) is 0. The number of hydrazine groups is 1. The summed E-state index contributed by atoms with van der Waals surface area (Å²) in [4.78, 5) is 0. The van der Waals surface area contributed by atoms with Crippen LogP contribution < -0.4 is 16.6 Å². The second-order valence-electron chi connectivity index (χ2n) is 2.98. The van der Waals surface area contributed by atoms with Gasteiger partial charge in [-0.1, -0.05) is 12.2 Å². The lowest BCUT2D eigenvalue weighted by molar-refractivity contribution is 0.443. The minimum atomic E-state index is 0.0706. The van der Waals surface area contributed by atoms with Gasteiger partial charge in [0.25, 0.3) is 0 Å². The molecule has 0 saturated carbocycles. The van der Waals surface area contributed by atoms with Crippen molar-refractivity contribution in [3.05, 3.63) is 24.4 Å². The van der Waals surface area contributed by atoms with Crippen LogP contribution in [-0.4, -0.2) is 12.1 Å². The van der Waals surface area contributed by atoms with Crippen LogP contribution in [0, 0.1) is 0 Å². The highest BCUT2D eigenvalue weighted by molar-refractivity contribution is 5.17. The number of nitrogens with one attached hydrogen (secondary N) is 2. The molecule has 11 heavy (non-hydrogen) atoms. The molecule has 1 aliphatic heterocycles. The molecule has 0 fully saturated rings. The molecule has 1 heterocycles. The summed E-state index contributed by atoms with van der Waals surface area (Å²) in [5.41, 5.74) is 2.71. The van der Waals surface area contributed by atoms with Gasteiger partial charge in [-0.2, -0.15) is 0 Å². The molecule has 62 valence electrons. The largest absolute Gasteiger partial charge is 0.382 e. The number of hydrogen-bond acceptors (Lipinski definition) is 3. The Morgan fingerprint density at radius 3 is 2.91 bits per heavy atom. The van der Waals surface area contributed by atoms with Crippen LogP contribution in [-0.2, 0) is 0 Å². The van der Waals surface area contributed by atoms with Crippen LogP contribution in [0.1, 0.15) is 13.3 Å². The standard InChI is InChI=1S/C8H15N3/c1-8(5-7-11-9)4-2-3-6-10-8/h2-4,6,10-11H,5,7,9H2,1H3. The van der Waals surface area contributed by atoms with E-state index in [0.29, 0.717) is 0 Å². The molecule has 4 N–H and O–H groups in total. The van der Waals surface area contributed by atoms with Crippen molar-refractivity contribution in [1.29, 1.82) is 0 Å². The zero-order valence-electron chi connectivity index (χ0n) is 6.80. The maximum Gasteiger partial charge on any atom is 0.0538 e. The van der Waals surface area contributed by atoms with Crippen molar-refractivity contribution in [3.8, 4) is 0 Å². The van der Waals surface area contributed by atoms with Gasteiger partial charge in [0.1, 0.15) is 0 Å². The molecule has 0 aromatic carbocycles. The van der Waals surface area contributed by atoms with Crippen LogP contribution in [0.25, 0.3) is 0 Å². The zero-order valence-corrected chi connectivity index (χ0v) is 6.80. The van der Waals surface area contributed by atoms with Crippen molar-refractivity contribution >= 4 is 0 Å². The number of rotatable bonds is 3. The molecule has 0 amide bonds. The van der Waals surface area contributed by atoms with Crippen LogP contribution >= 0.6 is 0 Å². The Bertz CT molecular complexity index is 174. The smallest absolute Gasteiger partial charge is 0.0538 e. The van der Waals surface area contributed by atoms with E-state index in [0.717, 1.165) is 13.0 Å². The summed E-state index contributed by atoms with van der Waals surface area (Å²) in [6, 6.07) is 0. The molecular formula is C8H15N3. The van der Waals surface area contributed by atoms with Crippen molar-refractivity contribution in [2.24, 2.45) is 5.84 Å². The molecule has 0 saturated heterocycles. The maximum absolute atomic E-state index is 5.18. The fraction of sp³-hybridized carbons (Fsp3) is 0.500. The molecule has 0 bridgehead atoms. The van der Waals surface area contributed by atoms with Crippen molar-refractivity contribution in [1.82, 2.24) is 10.7 Å². The number of allylic oxidation sites excluding steroid dienone is 2. The molecule has 1 unspecified atom stereocenters. The van der Waals surface area contributed by atoms with Gasteiger partial charge in [-0.15, -0.1) is 0 Å². The minimum Gasteiger partial charge on any atom is -0.382 e. The van der Waals surface area contributed by atoms with Crippen LogP contribution in [0.5, 0.6) is 0 Å². The summed E-state index contributed by atoms with van der Waals surface area (Å²) < 4.78 is 0. The van der Waals surface area contributed by atoms with E-state index in [-0.39, 0.29) is 5.54 Å². The summed E-state index contributed by atoms with van der Waals surface area (Å²) in [5.74, 6) is 5.18. The van der Waals surface area contributed by atoms with Gasteiger partial charge in [0.05, 0.1) is 5.54 Å². The highest BCUT2D eigenvalue weighted by Gasteiger charge is 2.18.